The molecule has 2 N–H and O–H groups in total. The number of nitrogens with one attached hydrogen (secondary N) is 2. The van der Waals surface area contributed by atoms with Crippen molar-refractivity contribution in [3.8, 4) is 22.6 Å². The molecule has 51 heavy (non-hydrogen) atoms. The minimum Gasteiger partial charge on any atom is -0.337 e. The lowest BCUT2D eigenvalue weighted by molar-refractivity contribution is 1.13. The molecule has 7 aromatic carbocycles. The van der Waals surface area contributed by atoms with Crippen LogP contribution in [0.4, 0.5) is 0 Å². The third-order valence-electron chi connectivity index (χ3n) is 9.77. The van der Waals surface area contributed by atoms with E-state index in [-0.39, 0.29) is 5.84 Å². The molecule has 3 aromatic heterocycles. The second-order valence-electron chi connectivity index (χ2n) is 12.7. The van der Waals surface area contributed by atoms with Crippen LogP contribution in [0.5, 0.6) is 0 Å². The Morgan fingerprint density at radius 3 is 1.84 bits per heavy atom. The van der Waals surface area contributed by atoms with Gasteiger partial charge in [0, 0.05) is 38.4 Å². The minimum atomic E-state index is 0.142. The van der Waals surface area contributed by atoms with Crippen LogP contribution in [0.2, 0.25) is 0 Å². The highest BCUT2D eigenvalue weighted by atomic mass is 15.0. The molecule has 240 valence electrons. The molecule has 0 aliphatic rings. The van der Waals surface area contributed by atoms with Gasteiger partial charge in [0.2, 0.25) is 0 Å². The van der Waals surface area contributed by atoms with Crippen molar-refractivity contribution in [2.75, 3.05) is 0 Å². The standard InChI is InChI=1S/C45H30N6/c46-44(49-45-43(29-15-3-1-4-16-29)47-36-22-10-11-23-37(36)48-45)33-21-9-14-26-40(33)51-39-25-13-8-20-32(39)35-27-41-34(28-42(35)51)31-19-7-12-24-38(31)50(41)30-17-5-2-6-18-30/h1-28H,(H2,46,48,49). The average molecular weight is 655 g/mol. The number of hydrogen-bond donors (Lipinski definition) is 2. The Hall–Kier alpha value is -7.05. The van der Waals surface area contributed by atoms with Crippen molar-refractivity contribution < 1.29 is 0 Å². The van der Waals surface area contributed by atoms with Gasteiger partial charge < -0.3 is 14.1 Å². The van der Waals surface area contributed by atoms with Gasteiger partial charge in [0.25, 0.3) is 0 Å². The van der Waals surface area contributed by atoms with E-state index in [0.29, 0.717) is 16.7 Å². The quantitative estimate of drug-likeness (QED) is 0.144. The molecule has 0 radical (unpaired) electrons. The first kappa shape index (κ1) is 28.9. The Labute approximate surface area is 292 Å². The van der Waals surface area contributed by atoms with Gasteiger partial charge in [0.05, 0.1) is 38.8 Å². The number of aromatic nitrogens is 4. The number of para-hydroxylation sites is 6. The van der Waals surface area contributed by atoms with Crippen LogP contribution in [0.3, 0.4) is 0 Å². The number of amidine groups is 1. The maximum absolute atomic E-state index is 9.50. The zero-order chi connectivity index (χ0) is 33.9. The molecule has 0 unspecified atom stereocenters. The molecular formula is C45H30N6. The summed E-state index contributed by atoms with van der Waals surface area (Å²) >= 11 is 0. The molecule has 0 atom stereocenters. The Kier molecular flexibility index (Phi) is 6.54. The average Bonchev–Trinajstić information content (AvgIpc) is 3.69. The van der Waals surface area contributed by atoms with Crippen LogP contribution >= 0.6 is 0 Å². The van der Waals surface area contributed by atoms with Crippen LogP contribution < -0.4 is 5.49 Å². The van der Waals surface area contributed by atoms with Gasteiger partial charge in [-0.3, -0.25) is 5.41 Å². The summed E-state index contributed by atoms with van der Waals surface area (Å²) < 4.78 is 4.65. The first-order valence-electron chi connectivity index (χ1n) is 17.0. The predicted octanol–water partition coefficient (Wildman–Crippen LogP) is 10.4. The van der Waals surface area contributed by atoms with Crippen LogP contribution in [0.15, 0.2) is 175 Å². The highest BCUT2D eigenvalue weighted by Crippen LogP contribution is 2.40. The lowest BCUT2D eigenvalue weighted by Crippen LogP contribution is -2.17. The summed E-state index contributed by atoms with van der Waals surface area (Å²) in [4.78, 5) is 13.4. The minimum absolute atomic E-state index is 0.142. The van der Waals surface area contributed by atoms with Gasteiger partial charge >= 0.3 is 0 Å². The summed E-state index contributed by atoms with van der Waals surface area (Å²) in [5.41, 5.74) is 11.1. The van der Waals surface area contributed by atoms with E-state index in [9.17, 15) is 5.41 Å². The topological polar surface area (TPSA) is 74.8 Å². The first-order chi connectivity index (χ1) is 25.2. The van der Waals surface area contributed by atoms with E-state index in [4.69, 9.17) is 9.98 Å². The van der Waals surface area contributed by atoms with E-state index >= 15 is 0 Å². The SMILES string of the molecule is N=C(N=c1[nH]c2ccccc2nc1-c1ccccc1)c1ccccc1-n1c2ccccc2c2cc3c(cc21)c1ccccc1n3-c1ccccc1. The third-order valence-corrected chi connectivity index (χ3v) is 9.77. The normalized spacial score (nSPS) is 12.1. The Bertz CT molecular complexity index is 3040. The molecule has 0 spiro atoms. The molecular weight excluding hydrogens is 625 g/mol. The van der Waals surface area contributed by atoms with Crippen LogP contribution in [0, 0.1) is 5.41 Å². The molecule has 10 aromatic rings. The van der Waals surface area contributed by atoms with Crippen molar-refractivity contribution in [3.63, 3.8) is 0 Å². The smallest absolute Gasteiger partial charge is 0.159 e. The Balaban J connectivity index is 1.23. The summed E-state index contributed by atoms with van der Waals surface area (Å²) in [7, 11) is 0. The summed E-state index contributed by atoms with van der Waals surface area (Å²) in [5.74, 6) is 0.142. The van der Waals surface area contributed by atoms with E-state index in [1.165, 1.54) is 10.8 Å². The number of nitrogens with zero attached hydrogens (tertiary/aromatic N) is 4. The van der Waals surface area contributed by atoms with Gasteiger partial charge in [-0.2, -0.15) is 0 Å². The van der Waals surface area contributed by atoms with E-state index in [1.807, 2.05) is 72.8 Å². The molecule has 0 saturated carbocycles. The number of aromatic amines is 1. The molecule has 0 aliphatic carbocycles. The van der Waals surface area contributed by atoms with Crippen molar-refractivity contribution in [3.05, 3.63) is 181 Å². The summed E-state index contributed by atoms with van der Waals surface area (Å²) in [6.45, 7) is 0. The van der Waals surface area contributed by atoms with Crippen molar-refractivity contribution >= 4 is 60.5 Å². The van der Waals surface area contributed by atoms with E-state index < -0.39 is 0 Å². The van der Waals surface area contributed by atoms with Crippen LogP contribution in [0.1, 0.15) is 5.56 Å². The fourth-order valence-corrected chi connectivity index (χ4v) is 7.50. The number of hydrogen-bond acceptors (Lipinski definition) is 2. The van der Waals surface area contributed by atoms with E-state index in [1.54, 1.807) is 0 Å². The van der Waals surface area contributed by atoms with E-state index in [2.05, 4.69) is 111 Å². The number of benzene rings is 7. The van der Waals surface area contributed by atoms with Gasteiger partial charge in [-0.1, -0.05) is 109 Å². The second-order valence-corrected chi connectivity index (χ2v) is 12.7. The van der Waals surface area contributed by atoms with Crippen molar-refractivity contribution in [2.45, 2.75) is 0 Å². The largest absolute Gasteiger partial charge is 0.337 e. The molecule has 0 bridgehead atoms. The second kappa shape index (κ2) is 11.5. The molecule has 3 heterocycles. The molecule has 0 amide bonds. The molecule has 6 nitrogen and oxygen atoms in total. The number of H-pyrrole nitrogens is 1. The first-order valence-corrected chi connectivity index (χ1v) is 17.0. The van der Waals surface area contributed by atoms with Gasteiger partial charge in [0.15, 0.2) is 11.3 Å². The van der Waals surface area contributed by atoms with Gasteiger partial charge in [-0.15, -0.1) is 0 Å². The van der Waals surface area contributed by atoms with Crippen molar-refractivity contribution in [2.24, 2.45) is 4.99 Å². The predicted molar refractivity (Wildman–Crippen MR) is 209 cm³/mol. The van der Waals surface area contributed by atoms with Crippen molar-refractivity contribution in [1.29, 1.82) is 5.41 Å². The zero-order valence-corrected chi connectivity index (χ0v) is 27.5. The zero-order valence-electron chi connectivity index (χ0n) is 27.5. The van der Waals surface area contributed by atoms with Gasteiger partial charge in [0.1, 0.15) is 5.69 Å². The van der Waals surface area contributed by atoms with Crippen molar-refractivity contribution in [1.82, 2.24) is 19.1 Å². The van der Waals surface area contributed by atoms with Crippen LogP contribution in [-0.4, -0.2) is 24.9 Å². The Morgan fingerprint density at radius 1 is 0.529 bits per heavy atom. The maximum Gasteiger partial charge on any atom is 0.159 e. The molecule has 10 rings (SSSR count). The molecule has 0 saturated heterocycles. The van der Waals surface area contributed by atoms with Gasteiger partial charge in [-0.05, 0) is 60.7 Å². The fraction of sp³-hybridized carbons (Fsp3) is 0. The lowest BCUT2D eigenvalue weighted by atomic mass is 10.1. The van der Waals surface area contributed by atoms with Gasteiger partial charge in [-0.25, -0.2) is 9.98 Å². The van der Waals surface area contributed by atoms with Crippen LogP contribution in [-0.2, 0) is 0 Å². The molecule has 0 fully saturated rings. The monoisotopic (exact) mass is 654 g/mol. The fourth-order valence-electron chi connectivity index (χ4n) is 7.50. The summed E-state index contributed by atoms with van der Waals surface area (Å²) in [6, 6.07) is 58.4. The summed E-state index contributed by atoms with van der Waals surface area (Å²) in [6.07, 6.45) is 0. The van der Waals surface area contributed by atoms with E-state index in [0.717, 1.165) is 60.8 Å². The summed E-state index contributed by atoms with van der Waals surface area (Å²) in [5, 5.41) is 14.2. The third kappa shape index (κ3) is 4.61. The van der Waals surface area contributed by atoms with Crippen LogP contribution in [0.25, 0.3) is 77.3 Å². The Morgan fingerprint density at radius 2 is 1.10 bits per heavy atom. The molecule has 0 aliphatic heterocycles. The molecule has 6 heteroatoms. The number of fused-ring (bicyclic) bond motifs is 7. The number of rotatable bonds is 4. The maximum atomic E-state index is 9.50. The highest BCUT2D eigenvalue weighted by Gasteiger charge is 2.20. The highest BCUT2D eigenvalue weighted by molar-refractivity contribution is 6.19. The lowest BCUT2D eigenvalue weighted by Gasteiger charge is -2.13.